The zero-order chi connectivity index (χ0) is 22.2. The number of nitrogens with one attached hydrogen (secondary N) is 1. The number of anilines is 1. The fourth-order valence-corrected chi connectivity index (χ4v) is 3.85. The Morgan fingerprint density at radius 3 is 2.66 bits per heavy atom. The second kappa shape index (κ2) is 10.2. The minimum Gasteiger partial charge on any atom is -0.479 e. The van der Waals surface area contributed by atoms with E-state index in [1.807, 2.05) is 52.7 Å². The smallest absolute Gasteiger partial charge is 0.248 e. The summed E-state index contributed by atoms with van der Waals surface area (Å²) >= 11 is 1.61. The van der Waals surface area contributed by atoms with Crippen LogP contribution in [0.3, 0.4) is 0 Å². The van der Waals surface area contributed by atoms with Crippen molar-refractivity contribution in [3.63, 3.8) is 0 Å². The van der Waals surface area contributed by atoms with Gasteiger partial charge in [0.15, 0.2) is 6.61 Å². The van der Waals surface area contributed by atoms with E-state index in [9.17, 15) is 4.79 Å². The van der Waals surface area contributed by atoms with Crippen molar-refractivity contribution < 1.29 is 9.53 Å². The zero-order valence-electron chi connectivity index (χ0n) is 17.1. The number of amides is 1. The van der Waals surface area contributed by atoms with E-state index in [0.717, 1.165) is 21.7 Å². The van der Waals surface area contributed by atoms with Crippen molar-refractivity contribution in [3.8, 4) is 22.4 Å². The van der Waals surface area contributed by atoms with E-state index in [0.29, 0.717) is 18.0 Å². The van der Waals surface area contributed by atoms with Crippen LogP contribution in [0.15, 0.2) is 84.4 Å². The molecule has 158 valence electrons. The van der Waals surface area contributed by atoms with Crippen LogP contribution in [0.5, 0.6) is 5.75 Å². The molecule has 4 aromatic rings. The summed E-state index contributed by atoms with van der Waals surface area (Å²) in [5.74, 6) is 0.329. The van der Waals surface area contributed by atoms with Crippen LogP contribution in [0.25, 0.3) is 16.6 Å². The molecule has 32 heavy (non-hydrogen) atoms. The fourth-order valence-electron chi connectivity index (χ4n) is 3.11. The Morgan fingerprint density at radius 2 is 1.94 bits per heavy atom. The topological polar surface area (TPSA) is 79.9 Å². The SMILES string of the molecule is N#CCOc1ccc(NC(=O)/C=C/c2cn(Cc3ccccc3)nc2-c2cccs2)cc1. The minimum atomic E-state index is -0.247. The number of benzene rings is 2. The predicted molar refractivity (Wildman–Crippen MR) is 126 cm³/mol. The summed E-state index contributed by atoms with van der Waals surface area (Å²) < 4.78 is 7.11. The Morgan fingerprint density at radius 1 is 1.12 bits per heavy atom. The first-order valence-corrected chi connectivity index (χ1v) is 10.8. The molecule has 4 rings (SSSR count). The summed E-state index contributed by atoms with van der Waals surface area (Å²) in [5.41, 5.74) is 3.52. The molecule has 2 heterocycles. The van der Waals surface area contributed by atoms with Crippen LogP contribution >= 0.6 is 11.3 Å². The first kappa shape index (κ1) is 21.1. The van der Waals surface area contributed by atoms with Crippen LogP contribution in [0, 0.1) is 11.3 Å². The number of hydrogen-bond acceptors (Lipinski definition) is 5. The van der Waals surface area contributed by atoms with E-state index in [4.69, 9.17) is 15.1 Å². The van der Waals surface area contributed by atoms with Gasteiger partial charge in [0.2, 0.25) is 5.91 Å². The molecule has 0 saturated heterocycles. The van der Waals surface area contributed by atoms with Crippen LogP contribution in [0.2, 0.25) is 0 Å². The molecule has 2 aromatic carbocycles. The molecule has 0 saturated carbocycles. The highest BCUT2D eigenvalue weighted by molar-refractivity contribution is 7.13. The van der Waals surface area contributed by atoms with Crippen LogP contribution in [0.1, 0.15) is 11.1 Å². The molecule has 0 aliphatic rings. The lowest BCUT2D eigenvalue weighted by Gasteiger charge is -2.04. The summed E-state index contributed by atoms with van der Waals surface area (Å²) in [6.45, 7) is 0.637. The molecule has 0 bridgehead atoms. The average Bonchev–Trinajstić information content (AvgIpc) is 3.48. The van der Waals surface area contributed by atoms with Crippen molar-refractivity contribution in [1.29, 1.82) is 5.26 Å². The first-order valence-electron chi connectivity index (χ1n) is 9.95. The van der Waals surface area contributed by atoms with Crippen molar-refractivity contribution in [2.75, 3.05) is 11.9 Å². The summed E-state index contributed by atoms with van der Waals surface area (Å²) in [5, 5.41) is 18.2. The van der Waals surface area contributed by atoms with Gasteiger partial charge in [-0.3, -0.25) is 9.48 Å². The van der Waals surface area contributed by atoms with E-state index in [1.165, 1.54) is 6.08 Å². The van der Waals surface area contributed by atoms with Crippen LogP contribution in [-0.4, -0.2) is 22.3 Å². The van der Waals surface area contributed by atoms with Gasteiger partial charge in [0.25, 0.3) is 0 Å². The first-order chi connectivity index (χ1) is 15.7. The number of aromatic nitrogens is 2. The third-order valence-electron chi connectivity index (χ3n) is 4.57. The molecule has 0 radical (unpaired) electrons. The average molecular weight is 441 g/mol. The zero-order valence-corrected chi connectivity index (χ0v) is 18.0. The number of nitrogens with zero attached hydrogens (tertiary/aromatic N) is 3. The van der Waals surface area contributed by atoms with Crippen LogP contribution < -0.4 is 10.1 Å². The van der Waals surface area contributed by atoms with Crippen molar-refractivity contribution in [2.24, 2.45) is 0 Å². The number of ether oxygens (including phenoxy) is 1. The quantitative estimate of drug-likeness (QED) is 0.381. The van der Waals surface area contributed by atoms with E-state index in [1.54, 1.807) is 41.7 Å². The molecular formula is C25H20N4O2S. The van der Waals surface area contributed by atoms with E-state index in [-0.39, 0.29) is 12.5 Å². The molecule has 2 aromatic heterocycles. The molecule has 0 unspecified atom stereocenters. The molecule has 6 nitrogen and oxygen atoms in total. The molecule has 0 aliphatic carbocycles. The van der Waals surface area contributed by atoms with Gasteiger partial charge in [0, 0.05) is 23.5 Å². The summed E-state index contributed by atoms with van der Waals surface area (Å²) in [4.78, 5) is 13.5. The maximum Gasteiger partial charge on any atom is 0.248 e. The van der Waals surface area contributed by atoms with Gasteiger partial charge in [-0.25, -0.2) is 0 Å². The number of hydrogen-bond donors (Lipinski definition) is 1. The van der Waals surface area contributed by atoms with Gasteiger partial charge in [-0.2, -0.15) is 10.4 Å². The number of nitriles is 1. The second-order valence-corrected chi connectivity index (χ2v) is 7.83. The normalized spacial score (nSPS) is 10.7. The second-order valence-electron chi connectivity index (χ2n) is 6.89. The highest BCUT2D eigenvalue weighted by atomic mass is 32.1. The molecular weight excluding hydrogens is 420 g/mol. The van der Waals surface area contributed by atoms with E-state index < -0.39 is 0 Å². The molecule has 1 N–H and O–H groups in total. The van der Waals surface area contributed by atoms with Crippen LogP contribution in [0.4, 0.5) is 5.69 Å². The number of rotatable bonds is 8. The van der Waals surface area contributed by atoms with Crippen molar-refractivity contribution in [3.05, 3.63) is 95.5 Å². The lowest BCUT2D eigenvalue weighted by molar-refractivity contribution is -0.111. The highest BCUT2D eigenvalue weighted by Gasteiger charge is 2.11. The van der Waals surface area contributed by atoms with Gasteiger partial charge in [0.05, 0.1) is 11.4 Å². The summed E-state index contributed by atoms with van der Waals surface area (Å²) in [7, 11) is 0. The molecule has 1 amide bonds. The molecule has 7 heteroatoms. The van der Waals surface area contributed by atoms with Gasteiger partial charge >= 0.3 is 0 Å². The molecule has 0 atom stereocenters. The number of carbonyl (C=O) groups is 1. The molecule has 0 fully saturated rings. The number of thiophene rings is 1. The van der Waals surface area contributed by atoms with E-state index >= 15 is 0 Å². The molecule has 0 aliphatic heterocycles. The largest absolute Gasteiger partial charge is 0.479 e. The van der Waals surface area contributed by atoms with Gasteiger partial charge in [0.1, 0.15) is 17.5 Å². The lowest BCUT2D eigenvalue weighted by atomic mass is 10.2. The maximum atomic E-state index is 12.4. The third kappa shape index (κ3) is 5.50. The van der Waals surface area contributed by atoms with Gasteiger partial charge in [-0.05, 0) is 47.4 Å². The van der Waals surface area contributed by atoms with Gasteiger partial charge < -0.3 is 10.1 Å². The van der Waals surface area contributed by atoms with E-state index in [2.05, 4.69) is 17.4 Å². The Labute approximate surface area is 190 Å². The van der Waals surface area contributed by atoms with Gasteiger partial charge in [-0.1, -0.05) is 36.4 Å². The Balaban J connectivity index is 1.48. The Bertz CT molecular complexity index is 1240. The number of carbonyl (C=O) groups excluding carboxylic acids is 1. The maximum absolute atomic E-state index is 12.4. The minimum absolute atomic E-state index is 0.0149. The van der Waals surface area contributed by atoms with Crippen LogP contribution in [-0.2, 0) is 11.3 Å². The molecule has 0 spiro atoms. The summed E-state index contributed by atoms with van der Waals surface area (Å²) in [6, 6.07) is 22.9. The lowest BCUT2D eigenvalue weighted by Crippen LogP contribution is -2.07. The fraction of sp³-hybridized carbons (Fsp3) is 0.0800. The third-order valence-corrected chi connectivity index (χ3v) is 5.45. The monoisotopic (exact) mass is 440 g/mol. The highest BCUT2D eigenvalue weighted by Crippen LogP contribution is 2.28. The standard InChI is InChI=1S/C25H20N4O2S/c26-14-15-31-22-11-9-21(10-12-22)27-24(30)13-8-20-18-29(17-19-5-2-1-3-6-19)28-25(20)23-7-4-16-32-23/h1-13,16,18H,15,17H2,(H,27,30)/b13-8+. The van der Waals surface area contributed by atoms with Crippen molar-refractivity contribution in [1.82, 2.24) is 9.78 Å². The van der Waals surface area contributed by atoms with Crippen molar-refractivity contribution >= 4 is 29.0 Å². The predicted octanol–water partition coefficient (Wildman–Crippen LogP) is 5.21. The van der Waals surface area contributed by atoms with Gasteiger partial charge in [-0.15, -0.1) is 11.3 Å². The summed E-state index contributed by atoms with van der Waals surface area (Å²) in [6.07, 6.45) is 5.23. The van der Waals surface area contributed by atoms with Crippen molar-refractivity contribution in [2.45, 2.75) is 6.54 Å². The Hall–Kier alpha value is -4.15. The Kier molecular flexibility index (Phi) is 6.75.